The smallest absolute Gasteiger partial charge is 0.378 e. The molecule has 2 aromatic heterocycles. The molecule has 1 aliphatic carbocycles. The predicted molar refractivity (Wildman–Crippen MR) is 123 cm³/mol. The number of imidazole rings is 1. The van der Waals surface area contributed by atoms with E-state index in [1.165, 1.54) is 4.40 Å². The molecule has 0 spiro atoms. The highest BCUT2D eigenvalue weighted by Gasteiger charge is 2.34. The lowest BCUT2D eigenvalue weighted by Gasteiger charge is -2.36. The van der Waals surface area contributed by atoms with Crippen molar-refractivity contribution in [1.29, 1.82) is 0 Å². The fraction of sp³-hybridized carbons (Fsp3) is 0.417. The van der Waals surface area contributed by atoms with Crippen molar-refractivity contribution in [2.75, 3.05) is 30.9 Å². The van der Waals surface area contributed by atoms with Gasteiger partial charge in [-0.2, -0.15) is 13.2 Å². The van der Waals surface area contributed by atoms with Gasteiger partial charge >= 0.3 is 6.18 Å². The third-order valence-electron chi connectivity index (χ3n) is 6.35. The molecule has 1 amide bonds. The highest BCUT2D eigenvalue weighted by atomic mass is 19.4. The number of carbonyl (C=O) groups excluding carboxylic acids is 1. The molecule has 1 saturated carbocycles. The average Bonchev–Trinajstić information content (AvgIpc) is 3.24. The van der Waals surface area contributed by atoms with E-state index >= 15 is 0 Å². The zero-order chi connectivity index (χ0) is 23.8. The summed E-state index contributed by atoms with van der Waals surface area (Å²) < 4.78 is 40.8. The molecule has 176 valence electrons. The van der Waals surface area contributed by atoms with Crippen LogP contribution in [0.25, 0.3) is 5.65 Å². The van der Waals surface area contributed by atoms with Gasteiger partial charge in [-0.05, 0) is 62.1 Å². The number of hydrogen-bond donors (Lipinski definition) is 1. The molecule has 0 atom stereocenters. The normalized spacial score (nSPS) is 18.8. The molecule has 9 heteroatoms. The number of aromatic nitrogens is 2. The van der Waals surface area contributed by atoms with Crippen LogP contribution >= 0.6 is 0 Å². The van der Waals surface area contributed by atoms with Crippen LogP contribution in [-0.4, -0.2) is 48.5 Å². The summed E-state index contributed by atoms with van der Waals surface area (Å²) in [6, 6.07) is 12.8. The van der Waals surface area contributed by atoms with Crippen LogP contribution in [0.1, 0.15) is 41.7 Å². The fourth-order valence-corrected chi connectivity index (χ4v) is 4.39. The monoisotopic (exact) mass is 459 g/mol. The van der Waals surface area contributed by atoms with Gasteiger partial charge in [-0.3, -0.25) is 9.20 Å². The van der Waals surface area contributed by atoms with Gasteiger partial charge in [0.05, 0.1) is 0 Å². The Morgan fingerprint density at radius 3 is 2.30 bits per heavy atom. The fourth-order valence-electron chi connectivity index (χ4n) is 4.39. The summed E-state index contributed by atoms with van der Waals surface area (Å²) in [5.74, 6) is 0.587. The van der Waals surface area contributed by atoms with Crippen LogP contribution in [0.15, 0.2) is 48.7 Å². The van der Waals surface area contributed by atoms with Crippen LogP contribution in [-0.2, 0) is 6.18 Å². The molecule has 1 fully saturated rings. The Kier molecular flexibility index (Phi) is 6.23. The molecule has 33 heavy (non-hydrogen) atoms. The summed E-state index contributed by atoms with van der Waals surface area (Å²) in [5, 5.41) is 3.12. The quantitative estimate of drug-likeness (QED) is 0.606. The van der Waals surface area contributed by atoms with Crippen LogP contribution in [0.5, 0.6) is 0 Å². The van der Waals surface area contributed by atoms with E-state index < -0.39 is 11.9 Å². The Morgan fingerprint density at radius 2 is 1.70 bits per heavy atom. The lowest BCUT2D eigenvalue weighted by molar-refractivity contribution is -0.140. The minimum Gasteiger partial charge on any atom is -0.378 e. The molecule has 0 saturated heterocycles. The van der Waals surface area contributed by atoms with Gasteiger partial charge in [-0.1, -0.05) is 6.07 Å². The van der Waals surface area contributed by atoms with E-state index in [-0.39, 0.29) is 23.6 Å². The van der Waals surface area contributed by atoms with Gasteiger partial charge in [-0.15, -0.1) is 0 Å². The number of halogens is 3. The highest BCUT2D eigenvalue weighted by molar-refractivity contribution is 5.94. The number of amides is 1. The highest BCUT2D eigenvalue weighted by Crippen LogP contribution is 2.31. The van der Waals surface area contributed by atoms with Gasteiger partial charge in [0, 0.05) is 50.7 Å². The number of fused-ring (bicyclic) bond motifs is 1. The molecule has 0 radical (unpaired) electrons. The van der Waals surface area contributed by atoms with E-state index in [2.05, 4.69) is 10.3 Å². The molecule has 0 unspecified atom stereocenters. The number of rotatable bonds is 5. The first-order valence-corrected chi connectivity index (χ1v) is 11.0. The van der Waals surface area contributed by atoms with Crippen molar-refractivity contribution in [3.8, 4) is 0 Å². The first-order chi connectivity index (χ1) is 15.6. The standard InChI is InChI=1S/C24H28F3N5O/c1-30(2)18-11-7-16(8-12-18)23(33)28-17-9-13-19(14-10-17)31(3)22-6-4-5-21-29-20(15-32(21)22)24(25,26)27/h4-8,11-12,15,17,19H,9-10,13-14H2,1-3H3,(H,28,33). The van der Waals surface area contributed by atoms with E-state index in [9.17, 15) is 18.0 Å². The maximum atomic E-state index is 13.1. The Bertz CT molecular complexity index is 1120. The predicted octanol–water partition coefficient (Wildman–Crippen LogP) is 4.60. The summed E-state index contributed by atoms with van der Waals surface area (Å²) in [5.41, 5.74) is 1.04. The van der Waals surface area contributed by atoms with Crippen LogP contribution < -0.4 is 15.1 Å². The maximum Gasteiger partial charge on any atom is 0.434 e. The van der Waals surface area contributed by atoms with Crippen LogP contribution in [0.4, 0.5) is 24.7 Å². The van der Waals surface area contributed by atoms with Crippen molar-refractivity contribution in [3.05, 3.63) is 59.9 Å². The van der Waals surface area contributed by atoms with Crippen molar-refractivity contribution >= 4 is 23.1 Å². The number of alkyl halides is 3. The SMILES string of the molecule is CN(C)c1ccc(C(=O)NC2CCC(N(C)c3cccc4nc(C(F)(F)F)cn34)CC2)cc1. The third-order valence-corrected chi connectivity index (χ3v) is 6.35. The van der Waals surface area contributed by atoms with E-state index in [1.807, 2.05) is 55.2 Å². The lowest BCUT2D eigenvalue weighted by Crippen LogP contribution is -2.43. The van der Waals surface area contributed by atoms with Crippen LogP contribution in [0.3, 0.4) is 0 Å². The Balaban J connectivity index is 1.39. The van der Waals surface area contributed by atoms with E-state index in [0.717, 1.165) is 37.6 Å². The average molecular weight is 460 g/mol. The number of nitrogens with zero attached hydrogens (tertiary/aromatic N) is 4. The number of nitrogens with one attached hydrogen (secondary N) is 1. The van der Waals surface area contributed by atoms with E-state index in [1.54, 1.807) is 18.2 Å². The van der Waals surface area contributed by atoms with Crippen LogP contribution in [0.2, 0.25) is 0 Å². The van der Waals surface area contributed by atoms with Crippen LogP contribution in [0, 0.1) is 0 Å². The molecule has 2 heterocycles. The summed E-state index contributed by atoms with van der Waals surface area (Å²) in [6.45, 7) is 0. The molecule has 0 bridgehead atoms. The number of carbonyl (C=O) groups is 1. The van der Waals surface area contributed by atoms with E-state index in [4.69, 9.17) is 0 Å². The van der Waals surface area contributed by atoms with Gasteiger partial charge in [0.25, 0.3) is 5.91 Å². The molecular weight excluding hydrogens is 431 g/mol. The molecule has 6 nitrogen and oxygen atoms in total. The largest absolute Gasteiger partial charge is 0.434 e. The summed E-state index contributed by atoms with van der Waals surface area (Å²) in [6.07, 6.45) is -0.148. The summed E-state index contributed by atoms with van der Waals surface area (Å²) in [4.78, 5) is 20.3. The molecular formula is C24H28F3N5O. The molecule has 1 N–H and O–H groups in total. The van der Waals surface area contributed by atoms with Gasteiger partial charge in [-0.25, -0.2) is 4.98 Å². The zero-order valence-corrected chi connectivity index (χ0v) is 18.9. The number of anilines is 2. The minimum atomic E-state index is -4.48. The summed E-state index contributed by atoms with van der Waals surface area (Å²) >= 11 is 0. The maximum absolute atomic E-state index is 13.1. The van der Waals surface area contributed by atoms with Gasteiger partial charge in [0.15, 0.2) is 5.69 Å². The van der Waals surface area contributed by atoms with Crippen molar-refractivity contribution in [2.45, 2.75) is 43.9 Å². The molecule has 4 rings (SSSR count). The third kappa shape index (κ3) is 4.91. The molecule has 3 aromatic rings. The van der Waals surface area contributed by atoms with Gasteiger partial charge in [0.1, 0.15) is 11.5 Å². The van der Waals surface area contributed by atoms with Gasteiger partial charge in [0.2, 0.25) is 0 Å². The Morgan fingerprint density at radius 1 is 1.03 bits per heavy atom. The number of pyridine rings is 1. The van der Waals surface area contributed by atoms with Crippen molar-refractivity contribution in [1.82, 2.24) is 14.7 Å². The topological polar surface area (TPSA) is 52.9 Å². The molecule has 0 aliphatic heterocycles. The van der Waals surface area contributed by atoms with Crippen molar-refractivity contribution in [2.24, 2.45) is 0 Å². The number of hydrogen-bond acceptors (Lipinski definition) is 4. The second-order valence-corrected chi connectivity index (χ2v) is 8.77. The first-order valence-electron chi connectivity index (χ1n) is 11.0. The Labute approximate surface area is 191 Å². The second-order valence-electron chi connectivity index (χ2n) is 8.77. The number of benzene rings is 1. The second kappa shape index (κ2) is 8.96. The lowest BCUT2D eigenvalue weighted by atomic mass is 9.90. The van der Waals surface area contributed by atoms with Crippen molar-refractivity contribution < 1.29 is 18.0 Å². The summed E-state index contributed by atoms with van der Waals surface area (Å²) in [7, 11) is 5.80. The van der Waals surface area contributed by atoms with Gasteiger partial charge < -0.3 is 15.1 Å². The minimum absolute atomic E-state index is 0.0801. The van der Waals surface area contributed by atoms with E-state index in [0.29, 0.717) is 11.4 Å². The van der Waals surface area contributed by atoms with Crippen molar-refractivity contribution in [3.63, 3.8) is 0 Å². The molecule has 1 aromatic carbocycles. The first kappa shape index (κ1) is 22.9. The molecule has 1 aliphatic rings. The zero-order valence-electron chi connectivity index (χ0n) is 18.9. The Hall–Kier alpha value is -3.23.